The van der Waals surface area contributed by atoms with E-state index in [4.69, 9.17) is 0 Å². The van der Waals surface area contributed by atoms with Crippen molar-refractivity contribution in [2.24, 2.45) is 16.7 Å². The summed E-state index contributed by atoms with van der Waals surface area (Å²) in [6.45, 7) is 9.84. The Morgan fingerprint density at radius 1 is 1.06 bits per heavy atom. The van der Waals surface area contributed by atoms with Crippen molar-refractivity contribution in [1.82, 2.24) is 0 Å². The number of aliphatic hydroxyl groups excluding tert-OH is 1. The Hall–Kier alpha value is -0.960. The van der Waals surface area contributed by atoms with Crippen LogP contribution in [0.15, 0.2) is 12.1 Å². The van der Waals surface area contributed by atoms with E-state index in [9.17, 15) is 13.9 Å². The normalized spacial score (nSPS) is 22.9. The minimum atomic E-state index is -0.880. The number of aliphatic hydroxyl groups is 1. The molecule has 0 aromatic heterocycles. The summed E-state index contributed by atoms with van der Waals surface area (Å²) in [6, 6.07) is 2.27. The highest BCUT2D eigenvalue weighted by molar-refractivity contribution is 5.31. The molecule has 0 bridgehead atoms. The maximum absolute atomic E-state index is 13.8. The summed E-state index contributed by atoms with van der Waals surface area (Å²) in [6.07, 6.45) is -0.880. The molecule has 1 aromatic rings. The number of rotatable bonds is 2. The van der Waals surface area contributed by atoms with Crippen molar-refractivity contribution in [2.45, 2.75) is 40.7 Å². The molecule has 3 heteroatoms. The monoisotopic (exact) mass is 254 g/mol. The largest absolute Gasteiger partial charge is 0.388 e. The zero-order valence-electron chi connectivity index (χ0n) is 11.5. The maximum atomic E-state index is 13.8. The summed E-state index contributed by atoms with van der Waals surface area (Å²) >= 11 is 0. The second-order valence-corrected chi connectivity index (χ2v) is 6.49. The Morgan fingerprint density at radius 3 is 2.00 bits per heavy atom. The highest BCUT2D eigenvalue weighted by atomic mass is 19.1. The maximum Gasteiger partial charge on any atom is 0.131 e. The fourth-order valence-corrected chi connectivity index (χ4v) is 3.12. The van der Waals surface area contributed by atoms with Gasteiger partial charge in [0.05, 0.1) is 6.10 Å². The van der Waals surface area contributed by atoms with Gasteiger partial charge in [0.25, 0.3) is 0 Å². The van der Waals surface area contributed by atoms with Crippen molar-refractivity contribution >= 4 is 0 Å². The minimum absolute atomic E-state index is 0.00985. The smallest absolute Gasteiger partial charge is 0.131 e. The van der Waals surface area contributed by atoms with Crippen LogP contribution in [0.5, 0.6) is 0 Å². The molecule has 0 spiro atoms. The molecule has 2 rings (SSSR count). The van der Waals surface area contributed by atoms with Gasteiger partial charge in [0.2, 0.25) is 0 Å². The summed E-state index contributed by atoms with van der Waals surface area (Å²) in [5.74, 6) is -1.24. The predicted molar refractivity (Wildman–Crippen MR) is 67.1 cm³/mol. The van der Waals surface area contributed by atoms with Gasteiger partial charge in [-0.2, -0.15) is 0 Å². The third-order valence-corrected chi connectivity index (χ3v) is 5.04. The third kappa shape index (κ3) is 1.68. The van der Waals surface area contributed by atoms with Crippen molar-refractivity contribution in [3.63, 3.8) is 0 Å². The average molecular weight is 254 g/mol. The number of hydrogen-bond donors (Lipinski definition) is 1. The summed E-state index contributed by atoms with van der Waals surface area (Å²) in [5, 5.41) is 10.4. The van der Waals surface area contributed by atoms with Crippen molar-refractivity contribution in [2.75, 3.05) is 0 Å². The standard InChI is InChI=1S/C15H20F2O/c1-8-6-9(11(17)7-10(8)16)12(18)13-14(2,3)15(13,4)5/h6-7,12-13,18H,1-5H3. The van der Waals surface area contributed by atoms with Crippen molar-refractivity contribution in [3.8, 4) is 0 Å². The van der Waals surface area contributed by atoms with E-state index in [-0.39, 0.29) is 22.3 Å². The molecular weight excluding hydrogens is 234 g/mol. The first-order chi connectivity index (χ1) is 8.10. The predicted octanol–water partition coefficient (Wildman–Crippen LogP) is 3.99. The third-order valence-electron chi connectivity index (χ3n) is 5.04. The number of hydrogen-bond acceptors (Lipinski definition) is 1. The van der Waals surface area contributed by atoms with E-state index in [0.29, 0.717) is 5.56 Å². The Bertz CT molecular complexity index is 478. The molecule has 1 N–H and O–H groups in total. The first-order valence-corrected chi connectivity index (χ1v) is 6.24. The molecule has 0 aliphatic heterocycles. The molecule has 0 amide bonds. The first-order valence-electron chi connectivity index (χ1n) is 6.24. The van der Waals surface area contributed by atoms with Gasteiger partial charge in [0.1, 0.15) is 11.6 Å². The van der Waals surface area contributed by atoms with Gasteiger partial charge in [0.15, 0.2) is 0 Å². The van der Waals surface area contributed by atoms with Gasteiger partial charge in [-0.1, -0.05) is 27.7 Å². The lowest BCUT2D eigenvalue weighted by Gasteiger charge is -2.15. The van der Waals surface area contributed by atoms with Gasteiger partial charge in [-0.3, -0.25) is 0 Å². The molecule has 1 aliphatic rings. The lowest BCUT2D eigenvalue weighted by atomic mass is 9.97. The zero-order valence-corrected chi connectivity index (χ0v) is 11.5. The molecule has 1 aromatic carbocycles. The highest BCUT2D eigenvalue weighted by Gasteiger charge is 2.67. The quantitative estimate of drug-likeness (QED) is 0.846. The van der Waals surface area contributed by atoms with Crippen LogP contribution in [0.25, 0.3) is 0 Å². The van der Waals surface area contributed by atoms with Crippen molar-refractivity contribution < 1.29 is 13.9 Å². The molecular formula is C15H20F2O. The van der Waals surface area contributed by atoms with Crippen LogP contribution in [0.3, 0.4) is 0 Å². The fourth-order valence-electron chi connectivity index (χ4n) is 3.12. The van der Waals surface area contributed by atoms with Crippen LogP contribution in [-0.2, 0) is 0 Å². The number of halogens is 2. The molecule has 1 aliphatic carbocycles. The summed E-state index contributed by atoms with van der Waals surface area (Å²) < 4.78 is 27.0. The highest BCUT2D eigenvalue weighted by Crippen LogP contribution is 2.72. The molecule has 0 saturated heterocycles. The first kappa shape index (κ1) is 13.5. The summed E-state index contributed by atoms with van der Waals surface area (Å²) in [4.78, 5) is 0. The molecule has 1 saturated carbocycles. The minimum Gasteiger partial charge on any atom is -0.388 e. The van der Waals surface area contributed by atoms with E-state index in [1.165, 1.54) is 6.07 Å². The van der Waals surface area contributed by atoms with Crippen molar-refractivity contribution in [1.29, 1.82) is 0 Å². The molecule has 1 unspecified atom stereocenters. The van der Waals surface area contributed by atoms with Crippen LogP contribution >= 0.6 is 0 Å². The second kappa shape index (κ2) is 3.77. The van der Waals surface area contributed by atoms with Gasteiger partial charge in [0, 0.05) is 17.5 Å². The van der Waals surface area contributed by atoms with Gasteiger partial charge in [-0.15, -0.1) is 0 Å². The van der Waals surface area contributed by atoms with Gasteiger partial charge < -0.3 is 5.11 Å². The zero-order chi connectivity index (χ0) is 13.9. The second-order valence-electron chi connectivity index (χ2n) is 6.49. The average Bonchev–Trinajstić information content (AvgIpc) is 2.62. The summed E-state index contributed by atoms with van der Waals surface area (Å²) in [5.41, 5.74) is 0.488. The lowest BCUT2D eigenvalue weighted by Crippen LogP contribution is -2.09. The Kier molecular flexibility index (Phi) is 2.82. The van der Waals surface area contributed by atoms with E-state index >= 15 is 0 Å². The van der Waals surface area contributed by atoms with E-state index < -0.39 is 17.7 Å². The van der Waals surface area contributed by atoms with Gasteiger partial charge in [-0.05, 0) is 29.4 Å². The van der Waals surface area contributed by atoms with Gasteiger partial charge in [-0.25, -0.2) is 8.78 Å². The number of aryl methyl sites for hydroxylation is 1. The van der Waals surface area contributed by atoms with Crippen LogP contribution in [0.4, 0.5) is 8.78 Å². The molecule has 0 heterocycles. The molecule has 0 radical (unpaired) electrons. The molecule has 100 valence electrons. The lowest BCUT2D eigenvalue weighted by molar-refractivity contribution is 0.126. The van der Waals surface area contributed by atoms with Crippen LogP contribution in [-0.4, -0.2) is 5.11 Å². The van der Waals surface area contributed by atoms with Crippen LogP contribution < -0.4 is 0 Å². The molecule has 18 heavy (non-hydrogen) atoms. The SMILES string of the molecule is Cc1cc(C(O)C2C(C)(C)C2(C)C)c(F)cc1F. The Balaban J connectivity index is 2.37. The van der Waals surface area contributed by atoms with Crippen LogP contribution in [0.1, 0.15) is 44.9 Å². The van der Waals surface area contributed by atoms with Crippen LogP contribution in [0, 0.1) is 35.3 Å². The topological polar surface area (TPSA) is 20.2 Å². The van der Waals surface area contributed by atoms with E-state index in [2.05, 4.69) is 27.7 Å². The Morgan fingerprint density at radius 2 is 1.56 bits per heavy atom. The van der Waals surface area contributed by atoms with Crippen LogP contribution in [0.2, 0.25) is 0 Å². The van der Waals surface area contributed by atoms with E-state index in [1.807, 2.05) is 0 Å². The number of benzene rings is 1. The summed E-state index contributed by atoms with van der Waals surface area (Å²) in [7, 11) is 0. The van der Waals surface area contributed by atoms with Crippen molar-refractivity contribution in [3.05, 3.63) is 34.9 Å². The fraction of sp³-hybridized carbons (Fsp3) is 0.600. The molecule has 1 fully saturated rings. The van der Waals surface area contributed by atoms with E-state index in [0.717, 1.165) is 6.07 Å². The molecule has 1 atom stereocenters. The molecule has 1 nitrogen and oxygen atoms in total. The Labute approximate surface area is 107 Å². The van der Waals surface area contributed by atoms with Gasteiger partial charge >= 0.3 is 0 Å². The van der Waals surface area contributed by atoms with E-state index in [1.54, 1.807) is 6.92 Å².